The lowest BCUT2D eigenvalue weighted by atomic mass is 10.3. The molecule has 0 aliphatic carbocycles. The quantitative estimate of drug-likeness (QED) is 0.830. The minimum absolute atomic E-state index is 0.0909. The molecular formula is C11H9F3N2O2. The number of carbonyl (C=O) groups is 1. The third-order valence-corrected chi connectivity index (χ3v) is 1.62. The van der Waals surface area contributed by atoms with Crippen LogP contribution in [0, 0.1) is 11.8 Å². The standard InChI is InChI=1S/C11H9F3N2O2/c12-11(13,14)7-18-10-5-4-8(6-16-10)2-1-3-9(15)17/h4-6H,3,7H2,(H2,15,17). The molecule has 0 atom stereocenters. The molecule has 0 radical (unpaired) electrons. The molecule has 7 heteroatoms. The third-order valence-electron chi connectivity index (χ3n) is 1.62. The molecular weight excluding hydrogens is 249 g/mol. The summed E-state index contributed by atoms with van der Waals surface area (Å²) in [5.74, 6) is 4.38. The van der Waals surface area contributed by atoms with Crippen molar-refractivity contribution in [1.29, 1.82) is 0 Å². The Kier molecular flexibility index (Phi) is 4.54. The third kappa shape index (κ3) is 5.75. The van der Waals surface area contributed by atoms with Gasteiger partial charge in [-0.25, -0.2) is 4.98 Å². The molecule has 1 heterocycles. The number of rotatable bonds is 3. The van der Waals surface area contributed by atoms with Crippen LogP contribution < -0.4 is 10.5 Å². The largest absolute Gasteiger partial charge is 0.468 e. The highest BCUT2D eigenvalue weighted by atomic mass is 19.4. The van der Waals surface area contributed by atoms with E-state index in [-0.39, 0.29) is 12.3 Å². The molecule has 96 valence electrons. The summed E-state index contributed by atoms with van der Waals surface area (Å²) >= 11 is 0. The molecule has 0 saturated carbocycles. The van der Waals surface area contributed by atoms with Gasteiger partial charge in [0.25, 0.3) is 0 Å². The Bertz CT molecular complexity index is 472. The molecule has 1 aromatic rings. The highest BCUT2D eigenvalue weighted by Gasteiger charge is 2.28. The van der Waals surface area contributed by atoms with Crippen molar-refractivity contribution in [3.05, 3.63) is 23.9 Å². The Morgan fingerprint density at radius 1 is 1.44 bits per heavy atom. The second-order valence-corrected chi connectivity index (χ2v) is 3.23. The van der Waals surface area contributed by atoms with Crippen LogP contribution >= 0.6 is 0 Å². The summed E-state index contributed by atoms with van der Waals surface area (Å²) in [4.78, 5) is 14.0. The van der Waals surface area contributed by atoms with E-state index in [1.54, 1.807) is 0 Å². The van der Waals surface area contributed by atoms with E-state index in [1.807, 2.05) is 0 Å². The predicted molar refractivity (Wildman–Crippen MR) is 56.5 cm³/mol. The maximum Gasteiger partial charge on any atom is 0.422 e. The molecule has 4 nitrogen and oxygen atoms in total. The molecule has 0 aromatic carbocycles. The topological polar surface area (TPSA) is 65.2 Å². The Balaban J connectivity index is 2.57. The smallest absolute Gasteiger partial charge is 0.422 e. The van der Waals surface area contributed by atoms with Gasteiger partial charge in [-0.2, -0.15) is 13.2 Å². The molecule has 0 unspecified atom stereocenters. The van der Waals surface area contributed by atoms with Gasteiger partial charge in [0.05, 0.1) is 6.42 Å². The fourth-order valence-corrected chi connectivity index (χ4v) is 0.929. The number of ether oxygens (including phenoxy) is 1. The molecule has 1 amide bonds. The van der Waals surface area contributed by atoms with Crippen LogP contribution in [0.2, 0.25) is 0 Å². The number of hydrogen-bond donors (Lipinski definition) is 1. The summed E-state index contributed by atoms with van der Waals surface area (Å²) in [5.41, 5.74) is 5.33. The van der Waals surface area contributed by atoms with E-state index in [4.69, 9.17) is 5.73 Å². The molecule has 0 saturated heterocycles. The van der Waals surface area contributed by atoms with Crippen molar-refractivity contribution in [3.63, 3.8) is 0 Å². The SMILES string of the molecule is NC(=O)CC#Cc1ccc(OCC(F)(F)F)nc1. The van der Waals surface area contributed by atoms with Crippen LogP contribution in [0.1, 0.15) is 12.0 Å². The van der Waals surface area contributed by atoms with E-state index < -0.39 is 18.7 Å². The van der Waals surface area contributed by atoms with E-state index in [2.05, 4.69) is 21.6 Å². The monoisotopic (exact) mass is 258 g/mol. The van der Waals surface area contributed by atoms with Crippen molar-refractivity contribution in [2.75, 3.05) is 6.61 Å². The van der Waals surface area contributed by atoms with Crippen molar-refractivity contribution in [3.8, 4) is 17.7 Å². The fraction of sp³-hybridized carbons (Fsp3) is 0.273. The normalized spacial score (nSPS) is 10.4. The zero-order chi connectivity index (χ0) is 13.6. The molecule has 1 aromatic heterocycles. The number of aromatic nitrogens is 1. The van der Waals surface area contributed by atoms with Gasteiger partial charge in [-0.05, 0) is 6.07 Å². The number of nitrogens with two attached hydrogens (primary N) is 1. The van der Waals surface area contributed by atoms with Crippen molar-refractivity contribution >= 4 is 5.91 Å². The van der Waals surface area contributed by atoms with Gasteiger partial charge in [-0.3, -0.25) is 4.79 Å². The Morgan fingerprint density at radius 3 is 2.67 bits per heavy atom. The van der Waals surface area contributed by atoms with Crippen LogP contribution in [0.25, 0.3) is 0 Å². The second-order valence-electron chi connectivity index (χ2n) is 3.23. The van der Waals surface area contributed by atoms with E-state index in [0.29, 0.717) is 5.56 Å². The first kappa shape index (κ1) is 13.8. The maximum absolute atomic E-state index is 11.8. The van der Waals surface area contributed by atoms with Crippen molar-refractivity contribution in [2.24, 2.45) is 5.73 Å². The van der Waals surface area contributed by atoms with Gasteiger partial charge >= 0.3 is 6.18 Å². The predicted octanol–water partition coefficient (Wildman–Crippen LogP) is 1.25. The number of alkyl halides is 3. The lowest BCUT2D eigenvalue weighted by molar-refractivity contribution is -0.154. The van der Waals surface area contributed by atoms with Gasteiger partial charge in [0, 0.05) is 17.8 Å². The number of primary amides is 1. The molecule has 18 heavy (non-hydrogen) atoms. The van der Waals surface area contributed by atoms with Crippen LogP contribution in [0.5, 0.6) is 5.88 Å². The first-order chi connectivity index (χ1) is 8.37. The summed E-state index contributed by atoms with van der Waals surface area (Å²) < 4.78 is 39.9. The Morgan fingerprint density at radius 2 is 2.17 bits per heavy atom. The van der Waals surface area contributed by atoms with Gasteiger partial charge in [-0.15, -0.1) is 0 Å². The molecule has 0 fully saturated rings. The summed E-state index contributed by atoms with van der Waals surface area (Å²) in [7, 11) is 0. The zero-order valence-electron chi connectivity index (χ0n) is 9.12. The van der Waals surface area contributed by atoms with Crippen LogP contribution in [0.3, 0.4) is 0 Å². The number of halogens is 3. The number of hydrogen-bond acceptors (Lipinski definition) is 3. The number of nitrogens with zero attached hydrogens (tertiary/aromatic N) is 1. The molecule has 0 aliphatic rings. The van der Waals surface area contributed by atoms with Crippen LogP contribution in [-0.4, -0.2) is 23.7 Å². The van der Waals surface area contributed by atoms with Crippen molar-refractivity contribution < 1.29 is 22.7 Å². The lowest BCUT2D eigenvalue weighted by Crippen LogP contribution is -2.19. The minimum Gasteiger partial charge on any atom is -0.468 e. The zero-order valence-corrected chi connectivity index (χ0v) is 9.12. The Labute approximate surface area is 101 Å². The molecule has 2 N–H and O–H groups in total. The van der Waals surface area contributed by atoms with Crippen molar-refractivity contribution in [1.82, 2.24) is 4.98 Å². The lowest BCUT2D eigenvalue weighted by Gasteiger charge is -2.07. The molecule has 0 spiro atoms. The number of carbonyl (C=O) groups excluding carboxylic acids is 1. The summed E-state index contributed by atoms with van der Waals surface area (Å²) in [6.07, 6.45) is -3.24. The van der Waals surface area contributed by atoms with Crippen LogP contribution in [0.4, 0.5) is 13.2 Å². The number of amides is 1. The summed E-state index contributed by atoms with van der Waals surface area (Å²) in [6.45, 7) is -1.40. The Hall–Kier alpha value is -2.23. The van der Waals surface area contributed by atoms with E-state index in [0.717, 1.165) is 0 Å². The first-order valence-electron chi connectivity index (χ1n) is 4.79. The molecule has 1 rings (SSSR count). The average Bonchev–Trinajstić information content (AvgIpc) is 2.26. The minimum atomic E-state index is -4.40. The van der Waals surface area contributed by atoms with E-state index in [9.17, 15) is 18.0 Å². The summed E-state index contributed by atoms with van der Waals surface area (Å²) in [5, 5.41) is 0. The van der Waals surface area contributed by atoms with Gasteiger partial charge in [-0.1, -0.05) is 11.8 Å². The maximum atomic E-state index is 11.8. The molecule has 0 aliphatic heterocycles. The number of pyridine rings is 1. The summed E-state index contributed by atoms with van der Waals surface area (Å²) in [6, 6.07) is 2.70. The van der Waals surface area contributed by atoms with Gasteiger partial charge in [0.2, 0.25) is 11.8 Å². The highest BCUT2D eigenvalue weighted by Crippen LogP contribution is 2.16. The average molecular weight is 258 g/mol. The van der Waals surface area contributed by atoms with Gasteiger partial charge in [0.15, 0.2) is 6.61 Å². The van der Waals surface area contributed by atoms with Crippen LogP contribution in [0.15, 0.2) is 18.3 Å². The van der Waals surface area contributed by atoms with E-state index in [1.165, 1.54) is 18.3 Å². The first-order valence-corrected chi connectivity index (χ1v) is 4.79. The van der Waals surface area contributed by atoms with Crippen molar-refractivity contribution in [2.45, 2.75) is 12.6 Å². The van der Waals surface area contributed by atoms with Crippen LogP contribution in [-0.2, 0) is 4.79 Å². The second kappa shape index (κ2) is 5.91. The van der Waals surface area contributed by atoms with E-state index >= 15 is 0 Å². The van der Waals surface area contributed by atoms with Gasteiger partial charge < -0.3 is 10.5 Å². The fourth-order valence-electron chi connectivity index (χ4n) is 0.929. The van der Waals surface area contributed by atoms with Gasteiger partial charge in [0.1, 0.15) is 0 Å². The highest BCUT2D eigenvalue weighted by molar-refractivity contribution is 5.76. The molecule has 0 bridgehead atoms.